The SMILES string of the molecule is Cc1c(C(=O)N(C)C)sc(N)c1-c1ccccn1. The van der Waals surface area contributed by atoms with Gasteiger partial charge in [0, 0.05) is 25.9 Å². The molecule has 2 heterocycles. The van der Waals surface area contributed by atoms with E-state index in [9.17, 15) is 4.79 Å². The molecule has 0 spiro atoms. The molecule has 1 amide bonds. The molecule has 0 unspecified atom stereocenters. The molecule has 0 atom stereocenters. The molecule has 0 fully saturated rings. The molecule has 0 aromatic carbocycles. The van der Waals surface area contributed by atoms with E-state index in [1.54, 1.807) is 25.2 Å². The lowest BCUT2D eigenvalue weighted by Gasteiger charge is -2.09. The molecular formula is C13H15N3OS. The van der Waals surface area contributed by atoms with E-state index in [1.807, 2.05) is 25.1 Å². The van der Waals surface area contributed by atoms with Gasteiger partial charge in [-0.15, -0.1) is 11.3 Å². The average molecular weight is 261 g/mol. The van der Waals surface area contributed by atoms with Crippen molar-refractivity contribution in [3.8, 4) is 11.3 Å². The van der Waals surface area contributed by atoms with Crippen LogP contribution in [0.5, 0.6) is 0 Å². The number of thiophene rings is 1. The maximum absolute atomic E-state index is 12.0. The molecule has 0 saturated heterocycles. The van der Waals surface area contributed by atoms with E-state index in [4.69, 9.17) is 5.73 Å². The Morgan fingerprint density at radius 3 is 2.67 bits per heavy atom. The summed E-state index contributed by atoms with van der Waals surface area (Å²) in [7, 11) is 3.47. The summed E-state index contributed by atoms with van der Waals surface area (Å²) >= 11 is 1.32. The second kappa shape index (κ2) is 4.78. The zero-order chi connectivity index (χ0) is 13.3. The number of nitrogen functional groups attached to an aromatic ring is 1. The topological polar surface area (TPSA) is 59.2 Å². The minimum absolute atomic E-state index is 0.0219. The quantitative estimate of drug-likeness (QED) is 0.903. The fourth-order valence-electron chi connectivity index (χ4n) is 1.77. The fourth-order valence-corrected chi connectivity index (χ4v) is 2.88. The van der Waals surface area contributed by atoms with Gasteiger partial charge in [-0.25, -0.2) is 0 Å². The summed E-state index contributed by atoms with van der Waals surface area (Å²) in [6.07, 6.45) is 1.72. The lowest BCUT2D eigenvalue weighted by atomic mass is 10.1. The van der Waals surface area contributed by atoms with Crippen molar-refractivity contribution < 1.29 is 4.79 Å². The van der Waals surface area contributed by atoms with Gasteiger partial charge in [0.05, 0.1) is 15.6 Å². The Hall–Kier alpha value is -1.88. The van der Waals surface area contributed by atoms with Gasteiger partial charge in [0.2, 0.25) is 0 Å². The van der Waals surface area contributed by atoms with Crippen molar-refractivity contribution in [3.63, 3.8) is 0 Å². The van der Waals surface area contributed by atoms with Gasteiger partial charge in [0.1, 0.15) is 0 Å². The summed E-state index contributed by atoms with van der Waals surface area (Å²) in [5.74, 6) is -0.0219. The number of nitrogens with two attached hydrogens (primary N) is 1. The smallest absolute Gasteiger partial charge is 0.263 e. The maximum Gasteiger partial charge on any atom is 0.263 e. The number of pyridine rings is 1. The molecule has 2 N–H and O–H groups in total. The third-order valence-electron chi connectivity index (χ3n) is 2.70. The Bertz CT molecular complexity index is 575. The Kier molecular flexibility index (Phi) is 3.34. The Labute approximate surface area is 110 Å². The Morgan fingerprint density at radius 2 is 2.11 bits per heavy atom. The minimum atomic E-state index is -0.0219. The number of rotatable bonds is 2. The molecule has 2 aromatic heterocycles. The number of nitrogens with zero attached hydrogens (tertiary/aromatic N) is 2. The van der Waals surface area contributed by atoms with Crippen LogP contribution in [-0.2, 0) is 0 Å². The highest BCUT2D eigenvalue weighted by molar-refractivity contribution is 7.18. The van der Waals surface area contributed by atoms with Crippen molar-refractivity contribution >= 4 is 22.2 Å². The largest absolute Gasteiger partial charge is 0.390 e. The van der Waals surface area contributed by atoms with Gasteiger partial charge >= 0.3 is 0 Å². The summed E-state index contributed by atoms with van der Waals surface area (Å²) in [5, 5.41) is 0.636. The van der Waals surface area contributed by atoms with Gasteiger partial charge in [-0.1, -0.05) is 6.07 Å². The highest BCUT2D eigenvalue weighted by Gasteiger charge is 2.21. The number of anilines is 1. The van der Waals surface area contributed by atoms with E-state index in [2.05, 4.69) is 4.98 Å². The molecule has 18 heavy (non-hydrogen) atoms. The van der Waals surface area contributed by atoms with Gasteiger partial charge in [0.15, 0.2) is 0 Å². The van der Waals surface area contributed by atoms with Crippen LogP contribution in [-0.4, -0.2) is 29.9 Å². The van der Waals surface area contributed by atoms with Gasteiger partial charge in [0.25, 0.3) is 5.91 Å². The highest BCUT2D eigenvalue weighted by Crippen LogP contribution is 2.37. The van der Waals surface area contributed by atoms with Gasteiger partial charge < -0.3 is 10.6 Å². The van der Waals surface area contributed by atoms with Crippen LogP contribution in [0.2, 0.25) is 0 Å². The van der Waals surface area contributed by atoms with E-state index < -0.39 is 0 Å². The lowest BCUT2D eigenvalue weighted by Crippen LogP contribution is -2.21. The van der Waals surface area contributed by atoms with Gasteiger partial charge in [-0.05, 0) is 24.6 Å². The monoisotopic (exact) mass is 261 g/mol. The molecule has 0 aliphatic carbocycles. The molecule has 0 bridgehead atoms. The molecule has 4 nitrogen and oxygen atoms in total. The molecule has 0 radical (unpaired) electrons. The van der Waals surface area contributed by atoms with Crippen molar-refractivity contribution in [2.75, 3.05) is 19.8 Å². The van der Waals surface area contributed by atoms with Gasteiger partial charge in [-0.2, -0.15) is 0 Å². The normalized spacial score (nSPS) is 10.4. The first-order valence-electron chi connectivity index (χ1n) is 5.54. The standard InChI is InChI=1S/C13H15N3OS/c1-8-10(9-6-4-5-7-15-9)12(14)18-11(8)13(17)16(2)3/h4-7H,14H2,1-3H3. The molecule has 94 valence electrons. The zero-order valence-corrected chi connectivity index (χ0v) is 11.4. The average Bonchev–Trinajstić information content (AvgIpc) is 2.65. The van der Waals surface area contributed by atoms with Crippen molar-refractivity contribution in [2.45, 2.75) is 6.92 Å². The number of aromatic nitrogens is 1. The molecular weight excluding hydrogens is 246 g/mol. The Balaban J connectivity index is 2.55. The molecule has 2 aromatic rings. The van der Waals surface area contributed by atoms with Crippen LogP contribution < -0.4 is 5.73 Å². The van der Waals surface area contributed by atoms with Crippen LogP contribution in [0.1, 0.15) is 15.2 Å². The summed E-state index contributed by atoms with van der Waals surface area (Å²) < 4.78 is 0. The molecule has 2 rings (SSSR count). The second-order valence-corrected chi connectivity index (χ2v) is 5.26. The van der Waals surface area contributed by atoms with Crippen LogP contribution in [0.15, 0.2) is 24.4 Å². The van der Waals surface area contributed by atoms with Gasteiger partial charge in [-0.3, -0.25) is 9.78 Å². The molecule has 0 aliphatic rings. The van der Waals surface area contributed by atoms with E-state index in [1.165, 1.54) is 11.3 Å². The summed E-state index contributed by atoms with van der Waals surface area (Å²) in [4.78, 5) is 18.5. The predicted octanol–water partition coefficient (Wildman–Crippen LogP) is 2.40. The third-order valence-corrected chi connectivity index (χ3v) is 3.80. The van der Waals surface area contributed by atoms with E-state index in [0.717, 1.165) is 16.8 Å². The van der Waals surface area contributed by atoms with Crippen LogP contribution >= 0.6 is 11.3 Å². The van der Waals surface area contributed by atoms with Crippen LogP contribution in [0, 0.1) is 6.92 Å². The molecule has 0 saturated carbocycles. The third kappa shape index (κ3) is 2.09. The Morgan fingerprint density at radius 1 is 1.39 bits per heavy atom. The van der Waals surface area contributed by atoms with Crippen LogP contribution in [0.4, 0.5) is 5.00 Å². The maximum atomic E-state index is 12.0. The van der Waals surface area contributed by atoms with E-state index in [-0.39, 0.29) is 5.91 Å². The van der Waals surface area contributed by atoms with Crippen molar-refractivity contribution in [1.29, 1.82) is 0 Å². The first-order chi connectivity index (χ1) is 8.52. The number of amides is 1. The molecule has 5 heteroatoms. The molecule has 0 aliphatic heterocycles. The summed E-state index contributed by atoms with van der Waals surface area (Å²) in [6, 6.07) is 5.66. The summed E-state index contributed by atoms with van der Waals surface area (Å²) in [5.41, 5.74) is 8.59. The second-order valence-electron chi connectivity index (χ2n) is 4.21. The number of hydrogen-bond acceptors (Lipinski definition) is 4. The van der Waals surface area contributed by atoms with Crippen LogP contribution in [0.3, 0.4) is 0 Å². The number of carbonyl (C=O) groups is 1. The summed E-state index contributed by atoms with van der Waals surface area (Å²) in [6.45, 7) is 1.91. The number of hydrogen-bond donors (Lipinski definition) is 1. The lowest BCUT2D eigenvalue weighted by molar-refractivity contribution is 0.0831. The van der Waals surface area contributed by atoms with Crippen molar-refractivity contribution in [3.05, 3.63) is 34.8 Å². The highest BCUT2D eigenvalue weighted by atomic mass is 32.1. The van der Waals surface area contributed by atoms with E-state index in [0.29, 0.717) is 9.88 Å². The first-order valence-corrected chi connectivity index (χ1v) is 6.36. The van der Waals surface area contributed by atoms with Crippen molar-refractivity contribution in [2.24, 2.45) is 0 Å². The van der Waals surface area contributed by atoms with Crippen LogP contribution in [0.25, 0.3) is 11.3 Å². The fraction of sp³-hybridized carbons (Fsp3) is 0.231. The predicted molar refractivity (Wildman–Crippen MR) is 74.7 cm³/mol. The zero-order valence-electron chi connectivity index (χ0n) is 10.6. The van der Waals surface area contributed by atoms with E-state index >= 15 is 0 Å². The first kappa shape index (κ1) is 12.6. The minimum Gasteiger partial charge on any atom is -0.390 e. The number of carbonyl (C=O) groups excluding carboxylic acids is 1. The van der Waals surface area contributed by atoms with Crippen molar-refractivity contribution in [1.82, 2.24) is 9.88 Å².